The summed E-state index contributed by atoms with van der Waals surface area (Å²) >= 11 is 0. The lowest BCUT2D eigenvalue weighted by atomic mass is 9.98. The molecule has 7 nitrogen and oxygen atoms in total. The van der Waals surface area contributed by atoms with E-state index in [0.29, 0.717) is 40.0 Å². The molecule has 212 valence electrons. The van der Waals surface area contributed by atoms with Crippen LogP contribution in [0.3, 0.4) is 0 Å². The molecule has 1 aromatic heterocycles. The number of alkyl halides is 5. The molecule has 0 saturated carbocycles. The molecule has 0 radical (unpaired) electrons. The van der Waals surface area contributed by atoms with Gasteiger partial charge in [0, 0.05) is 48.2 Å². The number of ether oxygens (including phenoxy) is 2. The first-order valence-electron chi connectivity index (χ1n) is 12.0. The second-order valence-electron chi connectivity index (χ2n) is 8.48. The maximum atomic E-state index is 13.8. The van der Waals surface area contributed by atoms with Crippen molar-refractivity contribution in [3.63, 3.8) is 0 Å². The SMILES string of the molecule is CC/C=C(/N=Cc1cn(-c2ccc(N)c(C=NC)c2)c(=O)c(-c2ccc(OC(F)F)cc2)c1C)OCC(F)(F)F. The topological polar surface area (TPSA) is 91.2 Å². The van der Waals surface area contributed by atoms with Gasteiger partial charge in [0.1, 0.15) is 5.75 Å². The Morgan fingerprint density at radius 2 is 1.80 bits per heavy atom. The van der Waals surface area contributed by atoms with Crippen LogP contribution in [-0.4, -0.2) is 43.4 Å². The van der Waals surface area contributed by atoms with E-state index in [9.17, 15) is 26.7 Å². The molecule has 40 heavy (non-hydrogen) atoms. The number of nitrogens with two attached hydrogens (primary N) is 1. The van der Waals surface area contributed by atoms with Gasteiger partial charge >= 0.3 is 12.8 Å². The Labute approximate surface area is 227 Å². The van der Waals surface area contributed by atoms with Crippen LogP contribution in [0.2, 0.25) is 0 Å². The van der Waals surface area contributed by atoms with Crippen molar-refractivity contribution in [2.75, 3.05) is 19.4 Å². The smallest absolute Gasteiger partial charge is 0.422 e. The molecule has 0 atom stereocenters. The Morgan fingerprint density at radius 1 is 1.10 bits per heavy atom. The second kappa shape index (κ2) is 13.0. The van der Waals surface area contributed by atoms with E-state index < -0.39 is 25.0 Å². The number of halogens is 5. The maximum Gasteiger partial charge on any atom is 0.422 e. The van der Waals surface area contributed by atoms with Gasteiger partial charge in [0.05, 0.1) is 5.56 Å². The average molecular weight is 563 g/mol. The number of aromatic nitrogens is 1. The van der Waals surface area contributed by atoms with Gasteiger partial charge in [-0.3, -0.25) is 14.4 Å². The number of hydrogen-bond acceptors (Lipinski definition) is 6. The first-order chi connectivity index (χ1) is 18.9. The summed E-state index contributed by atoms with van der Waals surface area (Å²) in [5.74, 6) is -0.325. The summed E-state index contributed by atoms with van der Waals surface area (Å²) in [6.45, 7) is -1.17. The zero-order valence-electron chi connectivity index (χ0n) is 21.9. The molecule has 0 aliphatic rings. The number of benzene rings is 2. The molecule has 0 saturated heterocycles. The fraction of sp³-hybridized carbons (Fsp3) is 0.250. The lowest BCUT2D eigenvalue weighted by Crippen LogP contribution is -2.22. The summed E-state index contributed by atoms with van der Waals surface area (Å²) in [6.07, 6.45) is 1.54. The standard InChI is InChI=1S/C28H27F5N4O3/c1-4-5-24(39-16-28(31,32)33)36-14-20-15-37(21-8-11-23(34)19(12-21)13-35-3)26(38)25(17(20)2)18-6-9-22(10-7-18)40-27(29)30/h5-15,27H,4,16,34H2,1-3H3/b24-5-,35-13?,36-14?. The van der Waals surface area contributed by atoms with E-state index in [0.717, 1.165) is 0 Å². The third-order valence-electron chi connectivity index (χ3n) is 5.59. The maximum absolute atomic E-state index is 13.8. The van der Waals surface area contributed by atoms with Crippen LogP contribution >= 0.6 is 0 Å². The van der Waals surface area contributed by atoms with Crippen LogP contribution in [0.15, 0.2) is 75.4 Å². The molecule has 0 fully saturated rings. The number of nitrogens with zero attached hydrogens (tertiary/aromatic N) is 3. The van der Waals surface area contributed by atoms with Crippen LogP contribution in [-0.2, 0) is 4.74 Å². The highest BCUT2D eigenvalue weighted by molar-refractivity contribution is 5.88. The van der Waals surface area contributed by atoms with E-state index in [1.807, 2.05) is 0 Å². The van der Waals surface area contributed by atoms with Crippen LogP contribution in [0.5, 0.6) is 5.75 Å². The van der Waals surface area contributed by atoms with Crippen LogP contribution in [0.4, 0.5) is 27.6 Å². The predicted molar refractivity (Wildman–Crippen MR) is 145 cm³/mol. The molecular weight excluding hydrogens is 535 g/mol. The molecule has 0 amide bonds. The third kappa shape index (κ3) is 7.78. The van der Waals surface area contributed by atoms with E-state index in [1.54, 1.807) is 39.1 Å². The van der Waals surface area contributed by atoms with Crippen molar-refractivity contribution in [2.24, 2.45) is 9.98 Å². The van der Waals surface area contributed by atoms with Crippen LogP contribution in [0.25, 0.3) is 16.8 Å². The molecule has 3 rings (SSSR count). The minimum Gasteiger partial charge on any atom is -0.468 e. The van der Waals surface area contributed by atoms with Crippen LogP contribution < -0.4 is 16.0 Å². The minimum atomic E-state index is -4.55. The predicted octanol–water partition coefficient (Wildman–Crippen LogP) is 6.29. The van der Waals surface area contributed by atoms with E-state index in [-0.39, 0.29) is 17.2 Å². The van der Waals surface area contributed by atoms with Gasteiger partial charge in [-0.25, -0.2) is 4.99 Å². The molecule has 0 unspecified atom stereocenters. The normalized spacial score (nSPS) is 12.6. The number of aliphatic imine (C=N–C) groups is 2. The summed E-state index contributed by atoms with van der Waals surface area (Å²) in [5.41, 5.74) is 8.45. The summed E-state index contributed by atoms with van der Waals surface area (Å²) < 4.78 is 73.9. The second-order valence-corrected chi connectivity index (χ2v) is 8.48. The average Bonchev–Trinajstić information content (AvgIpc) is 2.88. The quantitative estimate of drug-likeness (QED) is 0.136. The van der Waals surface area contributed by atoms with E-state index in [2.05, 4.69) is 14.7 Å². The van der Waals surface area contributed by atoms with Crippen molar-refractivity contribution in [1.29, 1.82) is 0 Å². The Bertz CT molecular complexity index is 1480. The van der Waals surface area contributed by atoms with Crippen molar-refractivity contribution in [2.45, 2.75) is 33.1 Å². The van der Waals surface area contributed by atoms with Gasteiger partial charge in [0.2, 0.25) is 5.88 Å². The number of nitrogen functional groups attached to an aromatic ring is 1. The minimum absolute atomic E-state index is 0.0902. The van der Waals surface area contributed by atoms with E-state index >= 15 is 0 Å². The summed E-state index contributed by atoms with van der Waals surface area (Å²) in [5, 5.41) is 0. The lowest BCUT2D eigenvalue weighted by molar-refractivity contribution is -0.165. The zero-order chi connectivity index (χ0) is 29.4. The number of hydrogen-bond donors (Lipinski definition) is 1. The summed E-state index contributed by atoms with van der Waals surface area (Å²) in [6, 6.07) is 10.4. The van der Waals surface area contributed by atoms with Crippen LogP contribution in [0, 0.1) is 6.92 Å². The van der Waals surface area contributed by atoms with Crippen molar-refractivity contribution in [1.82, 2.24) is 4.57 Å². The van der Waals surface area contributed by atoms with Crippen molar-refractivity contribution < 1.29 is 31.4 Å². The van der Waals surface area contributed by atoms with Crippen LogP contribution in [0.1, 0.15) is 30.0 Å². The molecule has 2 N–H and O–H groups in total. The molecular formula is C28H27F5N4O3. The largest absolute Gasteiger partial charge is 0.468 e. The Hall–Kier alpha value is -4.48. The molecule has 2 aromatic carbocycles. The van der Waals surface area contributed by atoms with E-state index in [4.69, 9.17) is 10.5 Å². The van der Waals surface area contributed by atoms with E-state index in [1.165, 1.54) is 53.5 Å². The highest BCUT2D eigenvalue weighted by Gasteiger charge is 2.28. The lowest BCUT2D eigenvalue weighted by Gasteiger charge is -2.16. The van der Waals surface area contributed by atoms with Gasteiger partial charge in [0.15, 0.2) is 6.61 Å². The van der Waals surface area contributed by atoms with Crippen molar-refractivity contribution in [3.05, 3.63) is 87.7 Å². The molecule has 0 bridgehead atoms. The highest BCUT2D eigenvalue weighted by Crippen LogP contribution is 2.27. The van der Waals surface area contributed by atoms with Gasteiger partial charge in [0.25, 0.3) is 5.56 Å². The monoisotopic (exact) mass is 562 g/mol. The Kier molecular flexibility index (Phi) is 9.81. The van der Waals surface area contributed by atoms with Crippen molar-refractivity contribution in [3.8, 4) is 22.6 Å². The van der Waals surface area contributed by atoms with Gasteiger partial charge in [-0.15, -0.1) is 0 Å². The molecule has 3 aromatic rings. The summed E-state index contributed by atoms with van der Waals surface area (Å²) in [7, 11) is 1.57. The molecule has 0 aliphatic carbocycles. The molecule has 12 heteroatoms. The first-order valence-corrected chi connectivity index (χ1v) is 12.0. The summed E-state index contributed by atoms with van der Waals surface area (Å²) in [4.78, 5) is 21.8. The highest BCUT2D eigenvalue weighted by atomic mass is 19.4. The Morgan fingerprint density at radius 3 is 2.40 bits per heavy atom. The zero-order valence-corrected chi connectivity index (χ0v) is 21.9. The van der Waals surface area contributed by atoms with Gasteiger partial charge in [-0.1, -0.05) is 19.1 Å². The fourth-order valence-electron chi connectivity index (χ4n) is 3.76. The van der Waals surface area contributed by atoms with Gasteiger partial charge in [-0.2, -0.15) is 22.0 Å². The first kappa shape index (κ1) is 30.1. The number of rotatable bonds is 10. The molecule has 0 aliphatic heterocycles. The number of allylic oxidation sites excluding steroid dienone is 1. The number of pyridine rings is 1. The van der Waals surface area contributed by atoms with Gasteiger partial charge < -0.3 is 15.2 Å². The third-order valence-corrected chi connectivity index (χ3v) is 5.59. The molecule has 0 spiro atoms. The van der Waals surface area contributed by atoms with Crippen molar-refractivity contribution >= 4 is 18.1 Å². The Balaban J connectivity index is 2.20. The van der Waals surface area contributed by atoms with Gasteiger partial charge in [-0.05, 0) is 60.9 Å². The molecule has 1 heterocycles. The fourth-order valence-corrected chi connectivity index (χ4v) is 3.76. The number of anilines is 1.